The molecule has 0 bridgehead atoms. The zero-order chi connectivity index (χ0) is 15.9. The highest BCUT2D eigenvalue weighted by Crippen LogP contribution is 2.30. The predicted molar refractivity (Wildman–Crippen MR) is 84.5 cm³/mol. The maximum atomic E-state index is 6.05. The van der Waals surface area contributed by atoms with Crippen LogP contribution in [0.25, 0.3) is 0 Å². The van der Waals surface area contributed by atoms with E-state index in [0.29, 0.717) is 29.7 Å². The number of nitrogens with one attached hydrogen (secondary N) is 1. The number of methoxy groups -OCH3 is 2. The van der Waals surface area contributed by atoms with Crippen molar-refractivity contribution in [2.45, 2.75) is 13.0 Å². The molecule has 1 unspecified atom stereocenters. The van der Waals surface area contributed by atoms with Gasteiger partial charge in [-0.15, -0.1) is 0 Å². The molecule has 0 saturated heterocycles. The van der Waals surface area contributed by atoms with Crippen molar-refractivity contribution >= 4 is 11.5 Å². The number of aromatic nitrogens is 2. The first-order valence-electron chi connectivity index (χ1n) is 6.82. The first-order valence-corrected chi connectivity index (χ1v) is 6.82. The number of nitrogens with zero attached hydrogens (tertiary/aromatic N) is 2. The summed E-state index contributed by atoms with van der Waals surface area (Å²) in [4.78, 5) is 8.20. The van der Waals surface area contributed by atoms with E-state index in [-0.39, 0.29) is 6.04 Å². The molecule has 0 spiro atoms. The molecular formula is C15H20N4O3. The van der Waals surface area contributed by atoms with Crippen LogP contribution in [0.4, 0.5) is 11.5 Å². The molecule has 22 heavy (non-hydrogen) atoms. The van der Waals surface area contributed by atoms with Gasteiger partial charge in [0.15, 0.2) is 5.82 Å². The largest absolute Gasteiger partial charge is 0.497 e. The SMILES string of the molecule is COCC(C)Nc1ncnc(Oc2ccc(OC)cc2)c1N. The van der Waals surface area contributed by atoms with Crippen molar-refractivity contribution in [1.29, 1.82) is 0 Å². The fourth-order valence-electron chi connectivity index (χ4n) is 1.86. The molecular weight excluding hydrogens is 284 g/mol. The minimum Gasteiger partial charge on any atom is -0.497 e. The third kappa shape index (κ3) is 3.98. The maximum Gasteiger partial charge on any atom is 0.248 e. The van der Waals surface area contributed by atoms with Crippen molar-refractivity contribution < 1.29 is 14.2 Å². The van der Waals surface area contributed by atoms with Crippen molar-refractivity contribution in [3.05, 3.63) is 30.6 Å². The molecule has 1 heterocycles. The number of rotatable bonds is 7. The summed E-state index contributed by atoms with van der Waals surface area (Å²) in [5.41, 5.74) is 6.40. The predicted octanol–water partition coefficient (Wildman–Crippen LogP) is 2.31. The highest BCUT2D eigenvalue weighted by atomic mass is 16.5. The van der Waals surface area contributed by atoms with Gasteiger partial charge in [0.2, 0.25) is 5.88 Å². The average Bonchev–Trinajstić information content (AvgIpc) is 2.52. The van der Waals surface area contributed by atoms with Crippen LogP contribution in [0, 0.1) is 0 Å². The van der Waals surface area contributed by atoms with Crippen LogP contribution < -0.4 is 20.5 Å². The molecule has 0 radical (unpaired) electrons. The van der Waals surface area contributed by atoms with Crippen molar-refractivity contribution in [1.82, 2.24) is 9.97 Å². The van der Waals surface area contributed by atoms with E-state index in [1.807, 2.05) is 6.92 Å². The Morgan fingerprint density at radius 1 is 1.14 bits per heavy atom. The van der Waals surface area contributed by atoms with Gasteiger partial charge in [0.25, 0.3) is 0 Å². The Balaban J connectivity index is 2.13. The van der Waals surface area contributed by atoms with Crippen molar-refractivity contribution in [3.63, 3.8) is 0 Å². The van der Waals surface area contributed by atoms with Gasteiger partial charge in [0.05, 0.1) is 13.7 Å². The summed E-state index contributed by atoms with van der Waals surface area (Å²) in [6, 6.07) is 7.22. The van der Waals surface area contributed by atoms with E-state index >= 15 is 0 Å². The second kappa shape index (κ2) is 7.46. The van der Waals surface area contributed by atoms with E-state index in [1.54, 1.807) is 38.5 Å². The molecule has 1 aromatic heterocycles. The van der Waals surface area contributed by atoms with Crippen LogP contribution >= 0.6 is 0 Å². The molecule has 0 fully saturated rings. The van der Waals surface area contributed by atoms with Crippen LogP contribution in [-0.2, 0) is 4.74 Å². The normalized spacial score (nSPS) is 11.8. The first-order chi connectivity index (χ1) is 10.6. The fourth-order valence-corrected chi connectivity index (χ4v) is 1.86. The summed E-state index contributed by atoms with van der Waals surface area (Å²) >= 11 is 0. The number of hydrogen-bond acceptors (Lipinski definition) is 7. The lowest BCUT2D eigenvalue weighted by Gasteiger charge is -2.16. The van der Waals surface area contributed by atoms with Gasteiger partial charge in [-0.25, -0.2) is 4.98 Å². The Morgan fingerprint density at radius 2 is 1.82 bits per heavy atom. The number of benzene rings is 1. The minimum absolute atomic E-state index is 0.0658. The molecule has 0 amide bonds. The van der Waals surface area contributed by atoms with Crippen LogP contribution in [0.2, 0.25) is 0 Å². The van der Waals surface area contributed by atoms with Gasteiger partial charge < -0.3 is 25.3 Å². The monoisotopic (exact) mass is 304 g/mol. The summed E-state index contributed by atoms with van der Waals surface area (Å²) in [6.07, 6.45) is 1.40. The number of nitrogens with two attached hydrogens (primary N) is 1. The molecule has 118 valence electrons. The molecule has 2 rings (SSSR count). The molecule has 1 atom stereocenters. The fraction of sp³-hybridized carbons (Fsp3) is 0.333. The van der Waals surface area contributed by atoms with E-state index in [9.17, 15) is 0 Å². The van der Waals surface area contributed by atoms with E-state index in [2.05, 4.69) is 15.3 Å². The van der Waals surface area contributed by atoms with Crippen LogP contribution in [0.15, 0.2) is 30.6 Å². The molecule has 0 aliphatic heterocycles. The third-order valence-corrected chi connectivity index (χ3v) is 2.92. The lowest BCUT2D eigenvalue weighted by Crippen LogP contribution is -2.22. The molecule has 0 aliphatic rings. The molecule has 2 aromatic rings. The summed E-state index contributed by atoms with van der Waals surface area (Å²) < 4.78 is 15.9. The van der Waals surface area contributed by atoms with Crippen LogP contribution in [0.5, 0.6) is 17.4 Å². The Bertz CT molecular complexity index is 604. The minimum atomic E-state index is 0.0658. The molecule has 3 N–H and O–H groups in total. The number of anilines is 2. The molecule has 7 heteroatoms. The Labute approximate surface area is 129 Å². The number of ether oxygens (including phenoxy) is 3. The van der Waals surface area contributed by atoms with Crippen LogP contribution in [0.1, 0.15) is 6.92 Å². The van der Waals surface area contributed by atoms with Gasteiger partial charge in [0.1, 0.15) is 23.5 Å². The zero-order valence-electron chi connectivity index (χ0n) is 12.9. The van der Waals surface area contributed by atoms with E-state index in [1.165, 1.54) is 6.33 Å². The highest BCUT2D eigenvalue weighted by molar-refractivity contribution is 5.67. The Kier molecular flexibility index (Phi) is 5.37. The van der Waals surface area contributed by atoms with Gasteiger partial charge in [0, 0.05) is 13.2 Å². The second-order valence-electron chi connectivity index (χ2n) is 4.72. The lowest BCUT2D eigenvalue weighted by molar-refractivity contribution is 0.190. The third-order valence-electron chi connectivity index (χ3n) is 2.92. The highest BCUT2D eigenvalue weighted by Gasteiger charge is 2.12. The van der Waals surface area contributed by atoms with Gasteiger partial charge >= 0.3 is 0 Å². The van der Waals surface area contributed by atoms with E-state index < -0.39 is 0 Å². The quantitative estimate of drug-likeness (QED) is 0.811. The summed E-state index contributed by atoms with van der Waals surface area (Å²) in [5, 5.41) is 3.15. The average molecular weight is 304 g/mol. The first kappa shape index (κ1) is 15.8. The smallest absolute Gasteiger partial charge is 0.248 e. The molecule has 1 aromatic carbocycles. The second-order valence-corrected chi connectivity index (χ2v) is 4.72. The van der Waals surface area contributed by atoms with Gasteiger partial charge in [-0.3, -0.25) is 0 Å². The molecule has 0 saturated carbocycles. The van der Waals surface area contributed by atoms with Gasteiger partial charge in [-0.2, -0.15) is 4.98 Å². The number of nitrogen functional groups attached to an aromatic ring is 1. The summed E-state index contributed by atoms with van der Waals surface area (Å²) in [6.45, 7) is 2.51. The maximum absolute atomic E-state index is 6.05. The van der Waals surface area contributed by atoms with E-state index in [4.69, 9.17) is 19.9 Å². The molecule has 7 nitrogen and oxygen atoms in total. The standard InChI is InChI=1S/C15H20N4O3/c1-10(8-20-2)19-14-13(16)15(18-9-17-14)22-12-6-4-11(21-3)5-7-12/h4-7,9-10H,8,16H2,1-3H3,(H,17,18,19). The van der Waals surface area contributed by atoms with Crippen LogP contribution in [-0.4, -0.2) is 36.8 Å². The van der Waals surface area contributed by atoms with Gasteiger partial charge in [-0.1, -0.05) is 0 Å². The summed E-state index contributed by atoms with van der Waals surface area (Å²) in [5.74, 6) is 2.18. The summed E-state index contributed by atoms with van der Waals surface area (Å²) in [7, 11) is 3.25. The zero-order valence-corrected chi connectivity index (χ0v) is 12.9. The van der Waals surface area contributed by atoms with Crippen LogP contribution in [0.3, 0.4) is 0 Å². The van der Waals surface area contributed by atoms with Gasteiger partial charge in [-0.05, 0) is 31.2 Å². The number of hydrogen-bond donors (Lipinski definition) is 2. The Morgan fingerprint density at radius 3 is 2.45 bits per heavy atom. The Hall–Kier alpha value is -2.54. The van der Waals surface area contributed by atoms with Crippen molar-refractivity contribution in [3.8, 4) is 17.4 Å². The topological polar surface area (TPSA) is 91.5 Å². The lowest BCUT2D eigenvalue weighted by atomic mass is 10.3. The van der Waals surface area contributed by atoms with Crippen molar-refractivity contribution in [2.24, 2.45) is 0 Å². The van der Waals surface area contributed by atoms with E-state index in [0.717, 1.165) is 5.75 Å². The van der Waals surface area contributed by atoms with Crippen molar-refractivity contribution in [2.75, 3.05) is 31.9 Å². The molecule has 0 aliphatic carbocycles.